The lowest BCUT2D eigenvalue weighted by Crippen LogP contribution is -2.35. The molecule has 1 aromatic rings. The second-order valence-electron chi connectivity index (χ2n) is 4.93. The van der Waals surface area contributed by atoms with Crippen molar-refractivity contribution in [1.82, 2.24) is 5.32 Å². The maximum absolute atomic E-state index is 5.93. The Morgan fingerprint density at radius 2 is 2.11 bits per heavy atom. The second-order valence-corrected chi connectivity index (χ2v) is 5.37. The minimum atomic E-state index is 0.279. The van der Waals surface area contributed by atoms with Crippen molar-refractivity contribution in [3.05, 3.63) is 46.7 Å². The molecule has 3 heteroatoms. The number of hydrogen-bond donors (Lipinski definition) is 1. The fourth-order valence-corrected chi connectivity index (χ4v) is 2.39. The van der Waals surface area contributed by atoms with Gasteiger partial charge in [0.15, 0.2) is 0 Å². The molecule has 0 aromatic heterocycles. The summed E-state index contributed by atoms with van der Waals surface area (Å²) in [6.45, 7) is 4.04. The Labute approximate surface area is 120 Å². The average molecular weight is 280 g/mol. The maximum atomic E-state index is 5.93. The summed E-state index contributed by atoms with van der Waals surface area (Å²) in [5, 5.41) is 4.36. The van der Waals surface area contributed by atoms with E-state index in [1.165, 1.54) is 5.56 Å². The lowest BCUT2D eigenvalue weighted by atomic mass is 10.0. The molecule has 0 radical (unpaired) electrons. The standard InChI is InChI=1S/C16H22ClNO/c1-2-10-18-15(16-5-3-4-11-19-16)12-13-6-8-14(17)9-7-13/h5-9,15,18H,2-4,10-12H2,1H3. The van der Waals surface area contributed by atoms with Gasteiger partial charge in [-0.25, -0.2) is 0 Å². The first-order valence-corrected chi connectivity index (χ1v) is 7.48. The van der Waals surface area contributed by atoms with Gasteiger partial charge in [0.25, 0.3) is 0 Å². The van der Waals surface area contributed by atoms with Gasteiger partial charge in [0.05, 0.1) is 12.6 Å². The molecule has 2 rings (SSSR count). The van der Waals surface area contributed by atoms with Crippen LogP contribution in [0.2, 0.25) is 5.02 Å². The average Bonchev–Trinajstić information content (AvgIpc) is 2.46. The molecule has 1 aromatic carbocycles. The Hall–Kier alpha value is -0.990. The van der Waals surface area contributed by atoms with Gasteiger partial charge in [-0.15, -0.1) is 0 Å². The fourth-order valence-electron chi connectivity index (χ4n) is 2.27. The molecule has 0 bridgehead atoms. The van der Waals surface area contributed by atoms with Crippen LogP contribution in [0.5, 0.6) is 0 Å². The van der Waals surface area contributed by atoms with Crippen molar-refractivity contribution in [3.8, 4) is 0 Å². The summed E-state index contributed by atoms with van der Waals surface area (Å²) in [4.78, 5) is 0. The third kappa shape index (κ3) is 4.55. The third-order valence-corrected chi connectivity index (χ3v) is 3.55. The summed E-state index contributed by atoms with van der Waals surface area (Å²) in [6, 6.07) is 8.35. The molecular formula is C16H22ClNO. The number of hydrogen-bond acceptors (Lipinski definition) is 2. The first kappa shape index (κ1) is 14.4. The molecule has 1 aliphatic rings. The molecule has 0 saturated heterocycles. The molecule has 1 aliphatic heterocycles. The molecule has 0 aliphatic carbocycles. The van der Waals surface area contributed by atoms with Crippen molar-refractivity contribution in [3.63, 3.8) is 0 Å². The molecule has 1 heterocycles. The molecule has 0 fully saturated rings. The fraction of sp³-hybridized carbons (Fsp3) is 0.500. The quantitative estimate of drug-likeness (QED) is 0.851. The SMILES string of the molecule is CCCNC(Cc1ccc(Cl)cc1)C1=CCCCO1. The van der Waals surface area contributed by atoms with Crippen LogP contribution in [-0.4, -0.2) is 19.2 Å². The van der Waals surface area contributed by atoms with Crippen LogP contribution in [0, 0.1) is 0 Å². The van der Waals surface area contributed by atoms with Gasteiger partial charge >= 0.3 is 0 Å². The topological polar surface area (TPSA) is 21.3 Å². The highest BCUT2D eigenvalue weighted by Gasteiger charge is 2.17. The van der Waals surface area contributed by atoms with Crippen LogP contribution in [-0.2, 0) is 11.2 Å². The lowest BCUT2D eigenvalue weighted by Gasteiger charge is -2.25. The Morgan fingerprint density at radius 3 is 2.74 bits per heavy atom. The van der Waals surface area contributed by atoms with E-state index in [1.54, 1.807) is 0 Å². The summed E-state index contributed by atoms with van der Waals surface area (Å²) in [6.07, 6.45) is 6.56. The van der Waals surface area contributed by atoms with E-state index in [2.05, 4.69) is 30.4 Å². The zero-order chi connectivity index (χ0) is 13.5. The summed E-state index contributed by atoms with van der Waals surface area (Å²) in [5.41, 5.74) is 1.29. The highest BCUT2D eigenvalue weighted by atomic mass is 35.5. The van der Waals surface area contributed by atoms with E-state index in [-0.39, 0.29) is 6.04 Å². The van der Waals surface area contributed by atoms with Gasteiger partial charge < -0.3 is 10.1 Å². The van der Waals surface area contributed by atoms with Gasteiger partial charge in [-0.2, -0.15) is 0 Å². The molecular weight excluding hydrogens is 258 g/mol. The summed E-state index contributed by atoms with van der Waals surface area (Å²) < 4.78 is 5.81. The normalized spacial score (nSPS) is 16.6. The van der Waals surface area contributed by atoms with Gasteiger partial charge in [0, 0.05) is 5.02 Å². The summed E-state index contributed by atoms with van der Waals surface area (Å²) >= 11 is 5.93. The van der Waals surface area contributed by atoms with E-state index in [1.807, 2.05) is 12.1 Å². The van der Waals surface area contributed by atoms with Crippen molar-refractivity contribution in [1.29, 1.82) is 0 Å². The number of halogens is 1. The van der Waals surface area contributed by atoms with Gasteiger partial charge in [-0.1, -0.05) is 30.7 Å². The van der Waals surface area contributed by atoms with E-state index < -0.39 is 0 Å². The molecule has 0 saturated carbocycles. The summed E-state index contributed by atoms with van der Waals surface area (Å²) in [7, 11) is 0. The Bertz CT molecular complexity index is 413. The van der Waals surface area contributed by atoms with Crippen molar-refractivity contribution >= 4 is 11.6 Å². The van der Waals surface area contributed by atoms with Crippen LogP contribution in [0.1, 0.15) is 31.7 Å². The Balaban J connectivity index is 2.04. The predicted octanol–water partition coefficient (Wildman–Crippen LogP) is 3.95. The van der Waals surface area contributed by atoms with Crippen molar-refractivity contribution < 1.29 is 4.74 Å². The number of nitrogens with one attached hydrogen (secondary N) is 1. The molecule has 1 N–H and O–H groups in total. The molecule has 1 atom stereocenters. The van der Waals surface area contributed by atoms with Gasteiger partial charge in [0.1, 0.15) is 5.76 Å². The first-order valence-electron chi connectivity index (χ1n) is 7.10. The van der Waals surface area contributed by atoms with E-state index in [4.69, 9.17) is 16.3 Å². The molecule has 0 spiro atoms. The highest BCUT2D eigenvalue weighted by molar-refractivity contribution is 6.30. The molecule has 1 unspecified atom stereocenters. The van der Waals surface area contributed by atoms with E-state index in [0.717, 1.165) is 49.6 Å². The van der Waals surface area contributed by atoms with Crippen LogP contribution in [0.25, 0.3) is 0 Å². The summed E-state index contributed by atoms with van der Waals surface area (Å²) in [5.74, 6) is 1.11. The Morgan fingerprint density at radius 1 is 1.32 bits per heavy atom. The van der Waals surface area contributed by atoms with Gasteiger partial charge in [0.2, 0.25) is 0 Å². The Kier molecular flexibility index (Phi) is 5.74. The smallest absolute Gasteiger partial charge is 0.109 e. The minimum absolute atomic E-state index is 0.279. The monoisotopic (exact) mass is 279 g/mol. The zero-order valence-corrected chi connectivity index (χ0v) is 12.2. The van der Waals surface area contributed by atoms with Crippen LogP contribution >= 0.6 is 11.6 Å². The lowest BCUT2D eigenvalue weighted by molar-refractivity contribution is 0.167. The molecule has 2 nitrogen and oxygen atoms in total. The predicted molar refractivity (Wildman–Crippen MR) is 80.5 cm³/mol. The van der Waals surface area contributed by atoms with Crippen molar-refractivity contribution in [2.45, 2.75) is 38.6 Å². The zero-order valence-electron chi connectivity index (χ0n) is 11.5. The minimum Gasteiger partial charge on any atom is -0.497 e. The van der Waals surface area contributed by atoms with Crippen molar-refractivity contribution in [2.75, 3.05) is 13.2 Å². The molecule has 19 heavy (non-hydrogen) atoms. The number of benzene rings is 1. The van der Waals surface area contributed by atoms with E-state index >= 15 is 0 Å². The molecule has 0 amide bonds. The third-order valence-electron chi connectivity index (χ3n) is 3.30. The maximum Gasteiger partial charge on any atom is 0.109 e. The second kappa shape index (κ2) is 7.56. The van der Waals surface area contributed by atoms with Crippen molar-refractivity contribution in [2.24, 2.45) is 0 Å². The van der Waals surface area contributed by atoms with Crippen LogP contribution in [0.15, 0.2) is 36.1 Å². The number of rotatable bonds is 6. The van der Waals surface area contributed by atoms with Gasteiger partial charge in [-0.05, 0) is 56.0 Å². The highest BCUT2D eigenvalue weighted by Crippen LogP contribution is 2.18. The van der Waals surface area contributed by atoms with Crippen LogP contribution in [0.3, 0.4) is 0 Å². The van der Waals surface area contributed by atoms with Crippen LogP contribution in [0.4, 0.5) is 0 Å². The van der Waals surface area contributed by atoms with Crippen LogP contribution < -0.4 is 5.32 Å². The molecule has 104 valence electrons. The van der Waals surface area contributed by atoms with E-state index in [9.17, 15) is 0 Å². The largest absolute Gasteiger partial charge is 0.497 e. The number of ether oxygens (including phenoxy) is 1. The van der Waals surface area contributed by atoms with Gasteiger partial charge in [-0.3, -0.25) is 0 Å². The number of allylic oxidation sites excluding steroid dienone is 1. The first-order chi connectivity index (χ1) is 9.29. The van der Waals surface area contributed by atoms with E-state index in [0.29, 0.717) is 0 Å².